The van der Waals surface area contributed by atoms with Gasteiger partial charge in [-0.25, -0.2) is 9.97 Å². The summed E-state index contributed by atoms with van der Waals surface area (Å²) in [6.45, 7) is 5.83. The van der Waals surface area contributed by atoms with E-state index in [1.807, 2.05) is 36.5 Å². The molecule has 0 saturated heterocycles. The van der Waals surface area contributed by atoms with Crippen molar-refractivity contribution in [1.82, 2.24) is 15.3 Å². The molecule has 0 atom stereocenters. The third kappa shape index (κ3) is 5.10. The van der Waals surface area contributed by atoms with Crippen molar-refractivity contribution in [3.05, 3.63) is 52.3 Å². The van der Waals surface area contributed by atoms with Crippen molar-refractivity contribution in [1.29, 1.82) is 0 Å². The first-order valence-electron chi connectivity index (χ1n) is 7.04. The first-order valence-corrected chi connectivity index (χ1v) is 7.84. The van der Waals surface area contributed by atoms with E-state index in [1.54, 1.807) is 0 Å². The van der Waals surface area contributed by atoms with Crippen LogP contribution in [-0.2, 0) is 13.1 Å². The Morgan fingerprint density at radius 2 is 1.90 bits per heavy atom. The molecule has 5 heteroatoms. The fourth-order valence-electron chi connectivity index (χ4n) is 1.94. The van der Waals surface area contributed by atoms with E-state index in [9.17, 15) is 0 Å². The van der Waals surface area contributed by atoms with E-state index in [4.69, 9.17) is 0 Å². The van der Waals surface area contributed by atoms with Gasteiger partial charge in [-0.2, -0.15) is 0 Å². The number of rotatable bonds is 6. The van der Waals surface area contributed by atoms with Crippen molar-refractivity contribution in [2.45, 2.75) is 33.0 Å². The van der Waals surface area contributed by atoms with Gasteiger partial charge in [0.25, 0.3) is 0 Å². The molecule has 2 aromatic rings. The van der Waals surface area contributed by atoms with E-state index < -0.39 is 0 Å². The molecule has 0 fully saturated rings. The van der Waals surface area contributed by atoms with Gasteiger partial charge in [0.15, 0.2) is 0 Å². The number of aromatic nitrogens is 2. The lowest BCUT2D eigenvalue weighted by molar-refractivity contribution is 0.586. The molecular weight excluding hydrogens is 328 g/mol. The number of hydrogen-bond donors (Lipinski definition) is 1. The summed E-state index contributed by atoms with van der Waals surface area (Å²) in [7, 11) is 2.00. The molecule has 0 radical (unpaired) electrons. The Hall–Kier alpha value is -1.46. The maximum absolute atomic E-state index is 4.44. The minimum absolute atomic E-state index is 0.462. The van der Waals surface area contributed by atoms with Crippen LogP contribution in [0.4, 0.5) is 5.95 Å². The normalized spacial score (nSPS) is 10.9. The van der Waals surface area contributed by atoms with Crippen molar-refractivity contribution in [3.8, 4) is 0 Å². The van der Waals surface area contributed by atoms with Gasteiger partial charge in [-0.15, -0.1) is 0 Å². The van der Waals surface area contributed by atoms with E-state index >= 15 is 0 Å². The monoisotopic (exact) mass is 348 g/mol. The van der Waals surface area contributed by atoms with Gasteiger partial charge in [-0.05, 0) is 17.7 Å². The molecule has 0 aliphatic carbocycles. The molecule has 112 valence electrons. The summed E-state index contributed by atoms with van der Waals surface area (Å²) in [6.07, 6.45) is 3.77. The van der Waals surface area contributed by atoms with Gasteiger partial charge >= 0.3 is 0 Å². The molecular formula is C16H21BrN4. The Bertz CT molecular complexity index is 569. The van der Waals surface area contributed by atoms with E-state index in [0.717, 1.165) is 29.1 Å². The third-order valence-corrected chi connectivity index (χ3v) is 3.55. The van der Waals surface area contributed by atoms with Gasteiger partial charge in [0, 0.05) is 48.6 Å². The molecule has 0 spiro atoms. The number of hydrogen-bond acceptors (Lipinski definition) is 4. The Morgan fingerprint density at radius 1 is 1.19 bits per heavy atom. The van der Waals surface area contributed by atoms with Crippen molar-refractivity contribution in [2.75, 3.05) is 11.9 Å². The number of benzene rings is 1. The third-order valence-electron chi connectivity index (χ3n) is 3.06. The standard InChI is InChI=1S/C16H21BrN4/c1-12(2)18-8-14-9-19-16(20-10-14)21(3)11-13-5-4-6-15(17)7-13/h4-7,9-10,12,18H,8,11H2,1-3H3. The van der Waals surface area contributed by atoms with Gasteiger partial charge in [-0.3, -0.25) is 0 Å². The predicted octanol–water partition coefficient (Wildman–Crippen LogP) is 3.37. The quantitative estimate of drug-likeness (QED) is 0.868. The Balaban J connectivity index is 1.97. The smallest absolute Gasteiger partial charge is 0.225 e. The molecule has 21 heavy (non-hydrogen) atoms. The second-order valence-corrected chi connectivity index (χ2v) is 6.33. The van der Waals surface area contributed by atoms with Crippen LogP contribution in [0.5, 0.6) is 0 Å². The first kappa shape index (κ1) is 15.9. The Labute approximate surface area is 134 Å². The van der Waals surface area contributed by atoms with Crippen LogP contribution in [0.25, 0.3) is 0 Å². The maximum atomic E-state index is 4.44. The predicted molar refractivity (Wildman–Crippen MR) is 90.3 cm³/mol. The highest BCUT2D eigenvalue weighted by Gasteiger charge is 2.06. The number of nitrogens with zero attached hydrogens (tertiary/aromatic N) is 3. The van der Waals surface area contributed by atoms with Crippen LogP contribution in [-0.4, -0.2) is 23.1 Å². The van der Waals surface area contributed by atoms with Crippen LogP contribution in [0.1, 0.15) is 25.0 Å². The van der Waals surface area contributed by atoms with Gasteiger partial charge in [0.05, 0.1) is 0 Å². The van der Waals surface area contributed by atoms with Gasteiger partial charge in [-0.1, -0.05) is 41.9 Å². The number of halogens is 1. The summed E-state index contributed by atoms with van der Waals surface area (Å²) in [4.78, 5) is 10.9. The minimum Gasteiger partial charge on any atom is -0.340 e. The van der Waals surface area contributed by atoms with Crippen molar-refractivity contribution >= 4 is 21.9 Å². The lowest BCUT2D eigenvalue weighted by atomic mass is 10.2. The lowest BCUT2D eigenvalue weighted by Gasteiger charge is -2.17. The van der Waals surface area contributed by atoms with E-state index in [2.05, 4.69) is 57.2 Å². The van der Waals surface area contributed by atoms with Gasteiger partial charge < -0.3 is 10.2 Å². The lowest BCUT2D eigenvalue weighted by Crippen LogP contribution is -2.23. The van der Waals surface area contributed by atoms with Crippen LogP contribution in [0, 0.1) is 0 Å². The highest BCUT2D eigenvalue weighted by atomic mass is 79.9. The van der Waals surface area contributed by atoms with Gasteiger partial charge in [0.2, 0.25) is 5.95 Å². The van der Waals surface area contributed by atoms with Crippen LogP contribution in [0.2, 0.25) is 0 Å². The minimum atomic E-state index is 0.462. The molecule has 1 heterocycles. The fraction of sp³-hybridized carbons (Fsp3) is 0.375. The van der Waals surface area contributed by atoms with E-state index in [0.29, 0.717) is 6.04 Å². The summed E-state index contributed by atoms with van der Waals surface area (Å²) in [5.41, 5.74) is 2.32. The molecule has 1 aromatic heterocycles. The molecule has 0 aliphatic heterocycles. The van der Waals surface area contributed by atoms with Gasteiger partial charge in [0.1, 0.15) is 0 Å². The molecule has 0 bridgehead atoms. The highest BCUT2D eigenvalue weighted by Crippen LogP contribution is 2.15. The molecule has 0 amide bonds. The summed E-state index contributed by atoms with van der Waals surface area (Å²) < 4.78 is 1.09. The maximum Gasteiger partial charge on any atom is 0.225 e. The van der Waals surface area contributed by atoms with Crippen LogP contribution in [0.15, 0.2) is 41.1 Å². The summed E-state index contributed by atoms with van der Waals surface area (Å²) in [5, 5.41) is 3.36. The zero-order valence-electron chi connectivity index (χ0n) is 12.7. The van der Waals surface area contributed by atoms with Crippen LogP contribution in [0.3, 0.4) is 0 Å². The summed E-state index contributed by atoms with van der Waals surface area (Å²) in [5.74, 6) is 0.739. The topological polar surface area (TPSA) is 41.1 Å². The zero-order chi connectivity index (χ0) is 15.2. The highest BCUT2D eigenvalue weighted by molar-refractivity contribution is 9.10. The average molecular weight is 349 g/mol. The van der Waals surface area contributed by atoms with E-state index in [-0.39, 0.29) is 0 Å². The Kier molecular flexibility index (Phi) is 5.70. The largest absolute Gasteiger partial charge is 0.340 e. The second kappa shape index (κ2) is 7.52. The SMILES string of the molecule is CC(C)NCc1cnc(N(C)Cc2cccc(Br)c2)nc1. The zero-order valence-corrected chi connectivity index (χ0v) is 14.3. The molecule has 0 aliphatic rings. The van der Waals surface area contributed by atoms with Crippen molar-refractivity contribution in [2.24, 2.45) is 0 Å². The summed E-state index contributed by atoms with van der Waals surface area (Å²) in [6, 6.07) is 8.73. The second-order valence-electron chi connectivity index (χ2n) is 5.41. The molecule has 2 rings (SSSR count). The fourth-order valence-corrected chi connectivity index (χ4v) is 2.38. The van der Waals surface area contributed by atoms with E-state index in [1.165, 1.54) is 5.56 Å². The molecule has 0 unspecified atom stereocenters. The molecule has 0 saturated carbocycles. The van der Waals surface area contributed by atoms with Crippen molar-refractivity contribution in [3.63, 3.8) is 0 Å². The molecule has 4 nitrogen and oxygen atoms in total. The van der Waals surface area contributed by atoms with Crippen LogP contribution >= 0.6 is 15.9 Å². The first-order chi connectivity index (χ1) is 10.0. The van der Waals surface area contributed by atoms with Crippen molar-refractivity contribution < 1.29 is 0 Å². The summed E-state index contributed by atoms with van der Waals surface area (Å²) >= 11 is 3.49. The molecule has 1 N–H and O–H groups in total. The Morgan fingerprint density at radius 3 is 2.52 bits per heavy atom. The average Bonchev–Trinajstić information content (AvgIpc) is 2.45. The molecule has 1 aromatic carbocycles. The van der Waals surface area contributed by atoms with Crippen LogP contribution < -0.4 is 10.2 Å². The number of anilines is 1. The number of nitrogens with one attached hydrogen (secondary N) is 1.